The first-order chi connectivity index (χ1) is 12.9. The molecule has 4 aromatic rings. The zero-order valence-electron chi connectivity index (χ0n) is 15.4. The van der Waals surface area contributed by atoms with E-state index in [4.69, 9.17) is 5.11 Å². The van der Waals surface area contributed by atoms with E-state index in [1.165, 1.54) is 22.1 Å². The third kappa shape index (κ3) is 3.17. The Bertz CT molecular complexity index is 1180. The van der Waals surface area contributed by atoms with Gasteiger partial charge in [0.05, 0.1) is 11.1 Å². The van der Waals surface area contributed by atoms with Gasteiger partial charge in [-0.05, 0) is 61.7 Å². The molecule has 0 saturated heterocycles. The van der Waals surface area contributed by atoms with Crippen LogP contribution in [0.25, 0.3) is 16.6 Å². The van der Waals surface area contributed by atoms with Crippen LogP contribution in [0.15, 0.2) is 47.6 Å². The van der Waals surface area contributed by atoms with Gasteiger partial charge in [-0.15, -0.1) is 10.2 Å². The van der Waals surface area contributed by atoms with Crippen molar-refractivity contribution in [2.75, 3.05) is 0 Å². The Hall–Kier alpha value is -2.86. The Morgan fingerprint density at radius 3 is 2.48 bits per heavy atom. The number of nitrogens with zero attached hydrogens (tertiary/aromatic N) is 3. The molecule has 0 aliphatic heterocycles. The number of carboxylic acids is 1. The Morgan fingerprint density at radius 1 is 1.04 bits per heavy atom. The molecule has 27 heavy (non-hydrogen) atoms. The summed E-state index contributed by atoms with van der Waals surface area (Å²) in [7, 11) is 0. The van der Waals surface area contributed by atoms with Gasteiger partial charge in [0.25, 0.3) is 0 Å². The fourth-order valence-corrected chi connectivity index (χ4v) is 4.30. The molecule has 4 rings (SSSR count). The molecular weight excluding hydrogens is 358 g/mol. The molecule has 5 nitrogen and oxygen atoms in total. The fourth-order valence-electron chi connectivity index (χ4n) is 3.40. The van der Waals surface area contributed by atoms with E-state index in [0.717, 1.165) is 21.9 Å². The standard InChI is InChI=1S/C21H19N3O2S/c1-12-8-14(3)19-17(9-12)13(2)10-18-22-23-21(24(18)19)27-11-15-4-6-16(7-5-15)20(25)26/h4-10H,11H2,1-3H3,(H,25,26). The van der Waals surface area contributed by atoms with E-state index < -0.39 is 5.97 Å². The average molecular weight is 377 g/mol. The van der Waals surface area contributed by atoms with Crippen LogP contribution in [0, 0.1) is 20.8 Å². The summed E-state index contributed by atoms with van der Waals surface area (Å²) in [6.45, 7) is 6.33. The number of rotatable bonds is 4. The summed E-state index contributed by atoms with van der Waals surface area (Å²) in [5.41, 5.74) is 6.96. The van der Waals surface area contributed by atoms with Gasteiger partial charge in [-0.25, -0.2) is 4.79 Å². The molecule has 2 aromatic carbocycles. The quantitative estimate of drug-likeness (QED) is 0.518. The number of hydrogen-bond donors (Lipinski definition) is 1. The van der Waals surface area contributed by atoms with Crippen LogP contribution in [0.3, 0.4) is 0 Å². The second-order valence-corrected chi connectivity index (χ2v) is 7.71. The van der Waals surface area contributed by atoms with Crippen LogP contribution in [0.5, 0.6) is 0 Å². The van der Waals surface area contributed by atoms with E-state index >= 15 is 0 Å². The zero-order chi connectivity index (χ0) is 19.1. The molecule has 0 amide bonds. The molecule has 0 radical (unpaired) electrons. The third-order valence-corrected chi connectivity index (χ3v) is 5.67. The normalized spacial score (nSPS) is 11.4. The van der Waals surface area contributed by atoms with Gasteiger partial charge in [0.1, 0.15) is 0 Å². The summed E-state index contributed by atoms with van der Waals surface area (Å²) in [6, 6.07) is 13.4. The number of aryl methyl sites for hydroxylation is 3. The van der Waals surface area contributed by atoms with Crippen molar-refractivity contribution in [2.45, 2.75) is 31.7 Å². The summed E-state index contributed by atoms with van der Waals surface area (Å²) in [6.07, 6.45) is 0. The highest BCUT2D eigenvalue weighted by Crippen LogP contribution is 2.30. The molecular formula is C21H19N3O2S. The topological polar surface area (TPSA) is 67.5 Å². The first-order valence-corrected chi connectivity index (χ1v) is 9.63. The maximum Gasteiger partial charge on any atom is 0.335 e. The van der Waals surface area contributed by atoms with Crippen molar-refractivity contribution in [3.8, 4) is 0 Å². The first kappa shape index (κ1) is 17.5. The number of aromatic nitrogens is 3. The van der Waals surface area contributed by atoms with Crippen molar-refractivity contribution in [2.24, 2.45) is 0 Å². The van der Waals surface area contributed by atoms with E-state index in [2.05, 4.69) is 53.6 Å². The summed E-state index contributed by atoms with van der Waals surface area (Å²) in [4.78, 5) is 11.0. The molecule has 0 bridgehead atoms. The lowest BCUT2D eigenvalue weighted by Crippen LogP contribution is -1.97. The maximum atomic E-state index is 11.0. The van der Waals surface area contributed by atoms with Crippen LogP contribution in [-0.2, 0) is 5.75 Å². The molecule has 0 fully saturated rings. The van der Waals surface area contributed by atoms with Crippen LogP contribution in [-0.4, -0.2) is 25.7 Å². The van der Waals surface area contributed by atoms with E-state index in [0.29, 0.717) is 11.3 Å². The van der Waals surface area contributed by atoms with E-state index in [1.807, 2.05) is 12.1 Å². The number of benzene rings is 2. The minimum absolute atomic E-state index is 0.296. The number of thioether (sulfide) groups is 1. The Labute approximate surface area is 161 Å². The molecule has 0 aliphatic carbocycles. The number of fused-ring (bicyclic) bond motifs is 3. The number of pyridine rings is 1. The summed E-state index contributed by atoms with van der Waals surface area (Å²) in [5, 5.41) is 19.8. The van der Waals surface area contributed by atoms with Gasteiger partial charge in [-0.3, -0.25) is 4.40 Å². The van der Waals surface area contributed by atoms with Gasteiger partial charge in [0.15, 0.2) is 10.8 Å². The minimum Gasteiger partial charge on any atom is -0.478 e. The van der Waals surface area contributed by atoms with Crippen molar-refractivity contribution >= 4 is 34.3 Å². The van der Waals surface area contributed by atoms with Gasteiger partial charge in [0, 0.05) is 11.1 Å². The average Bonchev–Trinajstić information content (AvgIpc) is 3.02. The van der Waals surface area contributed by atoms with Gasteiger partial charge in [0.2, 0.25) is 0 Å². The minimum atomic E-state index is -0.912. The number of hydrogen-bond acceptors (Lipinski definition) is 4. The van der Waals surface area contributed by atoms with Gasteiger partial charge in [-0.1, -0.05) is 35.5 Å². The lowest BCUT2D eigenvalue weighted by Gasteiger charge is -2.11. The Kier molecular flexibility index (Phi) is 4.36. The van der Waals surface area contributed by atoms with E-state index in [-0.39, 0.29) is 0 Å². The zero-order valence-corrected chi connectivity index (χ0v) is 16.2. The summed E-state index contributed by atoms with van der Waals surface area (Å²) < 4.78 is 2.12. The van der Waals surface area contributed by atoms with Crippen LogP contribution in [0.4, 0.5) is 0 Å². The smallest absolute Gasteiger partial charge is 0.335 e. The van der Waals surface area contributed by atoms with Crippen molar-refractivity contribution in [3.63, 3.8) is 0 Å². The number of carbonyl (C=O) groups is 1. The van der Waals surface area contributed by atoms with E-state index in [1.54, 1.807) is 23.9 Å². The van der Waals surface area contributed by atoms with Gasteiger partial charge in [-0.2, -0.15) is 0 Å². The predicted molar refractivity (Wildman–Crippen MR) is 108 cm³/mol. The second kappa shape index (κ2) is 6.70. The highest BCUT2D eigenvalue weighted by atomic mass is 32.2. The highest BCUT2D eigenvalue weighted by Gasteiger charge is 2.14. The van der Waals surface area contributed by atoms with Crippen molar-refractivity contribution < 1.29 is 9.90 Å². The molecule has 136 valence electrons. The second-order valence-electron chi connectivity index (χ2n) is 6.77. The monoisotopic (exact) mass is 377 g/mol. The lowest BCUT2D eigenvalue weighted by molar-refractivity contribution is 0.0697. The van der Waals surface area contributed by atoms with E-state index in [9.17, 15) is 4.79 Å². The lowest BCUT2D eigenvalue weighted by atomic mass is 10.0. The molecule has 0 spiro atoms. The summed E-state index contributed by atoms with van der Waals surface area (Å²) in [5.74, 6) is -0.216. The number of carboxylic acid groups (broad SMARTS) is 1. The van der Waals surface area contributed by atoms with Crippen LogP contribution >= 0.6 is 11.8 Å². The fraction of sp³-hybridized carbons (Fsp3) is 0.190. The molecule has 1 N–H and O–H groups in total. The molecule has 0 atom stereocenters. The Morgan fingerprint density at radius 2 is 1.78 bits per heavy atom. The van der Waals surface area contributed by atoms with Crippen LogP contribution in [0.1, 0.15) is 32.6 Å². The molecule has 0 unspecified atom stereocenters. The SMILES string of the molecule is Cc1cc(C)c2c(c1)c(C)cc1nnc(SCc3ccc(C(=O)O)cc3)n12. The van der Waals surface area contributed by atoms with Crippen molar-refractivity contribution in [1.29, 1.82) is 0 Å². The van der Waals surface area contributed by atoms with Crippen LogP contribution in [0.2, 0.25) is 0 Å². The van der Waals surface area contributed by atoms with Gasteiger partial charge >= 0.3 is 5.97 Å². The maximum absolute atomic E-state index is 11.0. The largest absolute Gasteiger partial charge is 0.478 e. The first-order valence-electron chi connectivity index (χ1n) is 8.65. The molecule has 2 aromatic heterocycles. The molecule has 0 saturated carbocycles. The molecule has 0 aliphatic rings. The summed E-state index contributed by atoms with van der Waals surface area (Å²) >= 11 is 1.60. The van der Waals surface area contributed by atoms with Crippen molar-refractivity contribution in [3.05, 3.63) is 70.3 Å². The van der Waals surface area contributed by atoms with Gasteiger partial charge < -0.3 is 5.11 Å². The number of aromatic carboxylic acids is 1. The van der Waals surface area contributed by atoms with Crippen LogP contribution < -0.4 is 0 Å². The van der Waals surface area contributed by atoms with Crippen molar-refractivity contribution in [1.82, 2.24) is 14.6 Å². The highest BCUT2D eigenvalue weighted by molar-refractivity contribution is 7.98. The predicted octanol–water partition coefficient (Wildman–Crippen LogP) is 4.80. The third-order valence-electron chi connectivity index (χ3n) is 4.67. The molecule has 2 heterocycles. The molecule has 6 heteroatoms. The Balaban J connectivity index is 1.74.